The van der Waals surface area contributed by atoms with Crippen LogP contribution in [-0.2, 0) is 11.3 Å². The Hall–Kier alpha value is -1.27. The normalized spacial score (nSPS) is 18.7. The first-order chi connectivity index (χ1) is 10.1. The predicted molar refractivity (Wildman–Crippen MR) is 84.5 cm³/mol. The summed E-state index contributed by atoms with van der Waals surface area (Å²) in [6, 6.07) is 3.64. The van der Waals surface area contributed by atoms with E-state index in [9.17, 15) is 9.90 Å². The van der Waals surface area contributed by atoms with Crippen LogP contribution in [0.1, 0.15) is 25.3 Å². The van der Waals surface area contributed by atoms with Gasteiger partial charge in [-0.3, -0.25) is 9.69 Å². The zero-order chi connectivity index (χ0) is 15.4. The van der Waals surface area contributed by atoms with Crippen LogP contribution in [0.25, 0.3) is 0 Å². The summed E-state index contributed by atoms with van der Waals surface area (Å²) in [6.45, 7) is 3.94. The van der Waals surface area contributed by atoms with Gasteiger partial charge >= 0.3 is 0 Å². The number of phenolic OH excluding ortho intramolecular Hbond substituents is 1. The molecule has 1 fully saturated rings. The summed E-state index contributed by atoms with van der Waals surface area (Å²) in [4.78, 5) is 14.0. The first kappa shape index (κ1) is 16.1. The van der Waals surface area contributed by atoms with Crippen LogP contribution in [0.3, 0.4) is 0 Å². The molecule has 0 radical (unpaired) electrons. The van der Waals surface area contributed by atoms with Crippen molar-refractivity contribution in [2.45, 2.75) is 32.4 Å². The summed E-state index contributed by atoms with van der Waals surface area (Å²) in [5.74, 6) is 0.651. The zero-order valence-electron chi connectivity index (χ0n) is 12.4. The molecule has 1 aliphatic heterocycles. The molecule has 1 aromatic carbocycles. The molecule has 1 aliphatic rings. The molecule has 1 saturated heterocycles. The largest absolute Gasteiger partial charge is 0.503 e. The number of carbonyl (C=O) groups is 1. The summed E-state index contributed by atoms with van der Waals surface area (Å²) >= 11 is 3.35. The van der Waals surface area contributed by atoms with E-state index in [1.807, 2.05) is 19.1 Å². The minimum atomic E-state index is -0.0712. The smallest absolute Gasteiger partial charge is 0.237 e. The minimum Gasteiger partial charge on any atom is -0.503 e. The maximum Gasteiger partial charge on any atom is 0.237 e. The molecule has 1 atom stereocenters. The summed E-state index contributed by atoms with van der Waals surface area (Å²) in [5.41, 5.74) is 1.01. The van der Waals surface area contributed by atoms with Gasteiger partial charge in [-0.15, -0.1) is 0 Å². The number of aromatic hydroxyl groups is 1. The Morgan fingerprint density at radius 3 is 3.00 bits per heavy atom. The minimum absolute atomic E-state index is 0.0652. The second kappa shape index (κ2) is 7.13. The first-order valence-electron chi connectivity index (χ1n) is 7.16. The van der Waals surface area contributed by atoms with E-state index in [1.165, 1.54) is 0 Å². The van der Waals surface area contributed by atoms with Gasteiger partial charge in [-0.1, -0.05) is 0 Å². The predicted octanol–water partition coefficient (Wildman–Crippen LogP) is 2.26. The highest BCUT2D eigenvalue weighted by Crippen LogP contribution is 2.36. The van der Waals surface area contributed by atoms with E-state index < -0.39 is 0 Å². The van der Waals surface area contributed by atoms with Crippen LogP contribution in [-0.4, -0.2) is 42.2 Å². The van der Waals surface area contributed by atoms with Crippen molar-refractivity contribution in [3.63, 3.8) is 0 Å². The number of carbonyl (C=O) groups excluding carboxylic acids is 1. The number of rotatable bonds is 5. The highest BCUT2D eigenvalue weighted by molar-refractivity contribution is 9.10. The fourth-order valence-electron chi connectivity index (χ4n) is 2.70. The number of nitrogens with one attached hydrogen (secondary N) is 1. The molecule has 0 bridgehead atoms. The molecule has 1 heterocycles. The van der Waals surface area contributed by atoms with Gasteiger partial charge in [0.1, 0.15) is 0 Å². The lowest BCUT2D eigenvalue weighted by Crippen LogP contribution is -2.41. The lowest BCUT2D eigenvalue weighted by Gasteiger charge is -2.23. The first-order valence-corrected chi connectivity index (χ1v) is 7.96. The van der Waals surface area contributed by atoms with Crippen LogP contribution < -0.4 is 10.1 Å². The molecule has 0 aromatic heterocycles. The monoisotopic (exact) mass is 356 g/mol. The standard InChI is InChI=1S/C15H21BrN2O3/c1-3-21-13-8-10(7-11(16)14(13)19)9-18-6-4-5-12(18)15(20)17-2/h7-8,12,19H,3-6,9H2,1-2H3,(H,17,20). The van der Waals surface area contributed by atoms with Gasteiger partial charge in [0, 0.05) is 13.6 Å². The lowest BCUT2D eigenvalue weighted by atomic mass is 10.1. The van der Waals surface area contributed by atoms with Gasteiger partial charge in [-0.25, -0.2) is 0 Å². The van der Waals surface area contributed by atoms with Crippen LogP contribution in [0.2, 0.25) is 0 Å². The molecule has 2 N–H and O–H groups in total. The highest BCUT2D eigenvalue weighted by atomic mass is 79.9. The average molecular weight is 357 g/mol. The van der Waals surface area contributed by atoms with Crippen molar-refractivity contribution in [1.82, 2.24) is 10.2 Å². The van der Waals surface area contributed by atoms with E-state index in [-0.39, 0.29) is 17.7 Å². The van der Waals surface area contributed by atoms with Gasteiger partial charge in [-0.2, -0.15) is 0 Å². The van der Waals surface area contributed by atoms with E-state index in [1.54, 1.807) is 7.05 Å². The summed E-state index contributed by atoms with van der Waals surface area (Å²) < 4.78 is 6.05. The Labute approximate surface area is 133 Å². The molecule has 6 heteroatoms. The lowest BCUT2D eigenvalue weighted by molar-refractivity contribution is -0.125. The van der Waals surface area contributed by atoms with Crippen molar-refractivity contribution in [3.05, 3.63) is 22.2 Å². The van der Waals surface area contributed by atoms with Gasteiger partial charge in [0.15, 0.2) is 11.5 Å². The van der Waals surface area contributed by atoms with Crippen LogP contribution >= 0.6 is 15.9 Å². The molecule has 1 amide bonds. The third-order valence-electron chi connectivity index (χ3n) is 3.69. The second-order valence-electron chi connectivity index (χ2n) is 5.10. The molecular weight excluding hydrogens is 336 g/mol. The molecule has 5 nitrogen and oxygen atoms in total. The summed E-state index contributed by atoms with van der Waals surface area (Å²) in [7, 11) is 1.67. The van der Waals surface area contributed by atoms with Gasteiger partial charge in [0.25, 0.3) is 0 Å². The Morgan fingerprint density at radius 1 is 1.57 bits per heavy atom. The third-order valence-corrected chi connectivity index (χ3v) is 4.29. The maximum absolute atomic E-state index is 11.9. The maximum atomic E-state index is 11.9. The number of halogens is 1. The Morgan fingerprint density at radius 2 is 2.33 bits per heavy atom. The molecule has 0 saturated carbocycles. The van der Waals surface area contributed by atoms with Gasteiger partial charge in [0.05, 0.1) is 17.1 Å². The SMILES string of the molecule is CCOc1cc(CN2CCCC2C(=O)NC)cc(Br)c1O. The van der Waals surface area contributed by atoms with Gasteiger partial charge < -0.3 is 15.2 Å². The van der Waals surface area contributed by atoms with E-state index in [2.05, 4.69) is 26.1 Å². The Bertz CT molecular complexity index is 522. The van der Waals surface area contributed by atoms with Crippen LogP contribution in [0.5, 0.6) is 11.5 Å². The van der Waals surface area contributed by atoms with Crippen LogP contribution in [0, 0.1) is 0 Å². The number of likely N-dealkylation sites (tertiary alicyclic amines) is 1. The molecule has 0 aliphatic carbocycles. The van der Waals surface area contributed by atoms with Crippen molar-refractivity contribution in [1.29, 1.82) is 0 Å². The molecule has 21 heavy (non-hydrogen) atoms. The quantitative estimate of drug-likeness (QED) is 0.849. The van der Waals surface area contributed by atoms with Gasteiger partial charge in [0.2, 0.25) is 5.91 Å². The fraction of sp³-hybridized carbons (Fsp3) is 0.533. The molecular formula is C15H21BrN2O3. The van der Waals surface area contributed by atoms with Crippen LogP contribution in [0.15, 0.2) is 16.6 Å². The average Bonchev–Trinajstić information content (AvgIpc) is 2.91. The zero-order valence-corrected chi connectivity index (χ0v) is 13.9. The number of amides is 1. The van der Waals surface area contributed by atoms with E-state index in [4.69, 9.17) is 4.74 Å². The third kappa shape index (κ3) is 3.68. The molecule has 0 spiro atoms. The summed E-state index contributed by atoms with van der Waals surface area (Å²) in [5, 5.41) is 12.7. The number of nitrogens with zero attached hydrogens (tertiary/aromatic N) is 1. The second-order valence-corrected chi connectivity index (χ2v) is 5.95. The van der Waals surface area contributed by atoms with Crippen molar-refractivity contribution in [3.8, 4) is 11.5 Å². The van der Waals surface area contributed by atoms with Crippen molar-refractivity contribution in [2.75, 3.05) is 20.2 Å². The number of hydrogen-bond acceptors (Lipinski definition) is 4. The number of benzene rings is 1. The summed E-state index contributed by atoms with van der Waals surface area (Å²) in [6.07, 6.45) is 1.91. The fourth-order valence-corrected chi connectivity index (χ4v) is 3.19. The van der Waals surface area contributed by atoms with Crippen molar-refractivity contribution < 1.29 is 14.6 Å². The molecule has 116 valence electrons. The molecule has 1 aromatic rings. The topological polar surface area (TPSA) is 61.8 Å². The number of ether oxygens (including phenoxy) is 1. The van der Waals surface area contributed by atoms with E-state index in [0.29, 0.717) is 23.4 Å². The van der Waals surface area contributed by atoms with Crippen LogP contribution in [0.4, 0.5) is 0 Å². The van der Waals surface area contributed by atoms with E-state index >= 15 is 0 Å². The Kier molecular flexibility index (Phi) is 5.47. The molecule has 2 rings (SSSR count). The number of phenols is 1. The van der Waals surface area contributed by atoms with Crippen molar-refractivity contribution >= 4 is 21.8 Å². The van der Waals surface area contributed by atoms with E-state index in [0.717, 1.165) is 24.9 Å². The highest BCUT2D eigenvalue weighted by Gasteiger charge is 2.30. The Balaban J connectivity index is 2.17. The molecule has 1 unspecified atom stereocenters. The number of hydrogen-bond donors (Lipinski definition) is 2. The van der Waals surface area contributed by atoms with Crippen molar-refractivity contribution in [2.24, 2.45) is 0 Å². The number of likely N-dealkylation sites (N-methyl/N-ethyl adjacent to an activating group) is 1. The van der Waals surface area contributed by atoms with Gasteiger partial charge in [-0.05, 0) is 59.9 Å².